The Morgan fingerprint density at radius 1 is 0.975 bits per heavy atom. The Hall–Kier alpha value is -3.58. The van der Waals surface area contributed by atoms with E-state index in [4.69, 9.17) is 16.3 Å². The second-order valence-corrected chi connectivity index (χ2v) is 12.0. The zero-order valence-corrected chi connectivity index (χ0v) is 24.6. The van der Waals surface area contributed by atoms with Gasteiger partial charge >= 0.3 is 0 Å². The van der Waals surface area contributed by atoms with Gasteiger partial charge in [-0.2, -0.15) is 0 Å². The Bertz CT molecular complexity index is 1690. The van der Waals surface area contributed by atoms with Gasteiger partial charge in [-0.05, 0) is 42.5 Å². The molecule has 0 fully saturated rings. The third-order valence-corrected chi connectivity index (χ3v) is 9.15. The number of nitrogens with zero attached hydrogens (tertiary/aromatic N) is 4. The molecule has 2 heterocycles. The van der Waals surface area contributed by atoms with E-state index < -0.39 is 0 Å². The highest BCUT2D eigenvalue weighted by Crippen LogP contribution is 2.32. The molecule has 0 bridgehead atoms. The predicted octanol–water partition coefficient (Wildman–Crippen LogP) is 6.22. The Kier molecular flexibility index (Phi) is 8.90. The minimum absolute atomic E-state index is 0.152. The highest BCUT2D eigenvalue weighted by Gasteiger charge is 2.16. The van der Waals surface area contributed by atoms with Crippen molar-refractivity contribution in [2.45, 2.75) is 9.50 Å². The first-order valence-electron chi connectivity index (χ1n) is 11.9. The molecule has 13 heteroatoms. The number of nitrogens with one attached hydrogen (secondary N) is 2. The molecule has 0 atom stereocenters. The highest BCUT2D eigenvalue weighted by molar-refractivity contribution is 8.01. The normalized spacial score (nSPS) is 11.0. The second-order valence-electron chi connectivity index (χ2n) is 8.38. The van der Waals surface area contributed by atoms with Crippen LogP contribution in [-0.4, -0.2) is 50.2 Å². The Morgan fingerprint density at radius 2 is 1.73 bits per heavy atom. The van der Waals surface area contributed by atoms with E-state index >= 15 is 0 Å². The van der Waals surface area contributed by atoms with Gasteiger partial charge in [-0.1, -0.05) is 59.4 Å². The highest BCUT2D eigenvalue weighted by atomic mass is 35.5. The SMILES string of the molecule is COc1ccccc1NC(=O)CSc1nc2ccc(NC(=O)CSc3nnc(-c4ccccc4Cl)n3C)cc2s1. The lowest BCUT2D eigenvalue weighted by Crippen LogP contribution is -2.14. The maximum atomic E-state index is 12.7. The fourth-order valence-corrected chi connectivity index (χ4v) is 6.59. The molecule has 0 aliphatic carbocycles. The summed E-state index contributed by atoms with van der Waals surface area (Å²) < 4.78 is 8.77. The van der Waals surface area contributed by atoms with E-state index in [9.17, 15) is 9.59 Å². The van der Waals surface area contributed by atoms with E-state index in [0.717, 1.165) is 20.1 Å². The number of anilines is 2. The summed E-state index contributed by atoms with van der Waals surface area (Å²) in [5.41, 5.74) is 2.87. The third kappa shape index (κ3) is 6.58. The van der Waals surface area contributed by atoms with Gasteiger partial charge in [0.1, 0.15) is 5.75 Å². The van der Waals surface area contributed by atoms with Crippen molar-refractivity contribution >= 4 is 79.9 Å². The van der Waals surface area contributed by atoms with Crippen LogP contribution in [0.25, 0.3) is 21.6 Å². The van der Waals surface area contributed by atoms with Crippen LogP contribution in [0.4, 0.5) is 11.4 Å². The molecule has 0 saturated carbocycles. The van der Waals surface area contributed by atoms with Gasteiger partial charge in [0.05, 0.1) is 39.5 Å². The van der Waals surface area contributed by atoms with Gasteiger partial charge in [-0.25, -0.2) is 4.98 Å². The van der Waals surface area contributed by atoms with Crippen molar-refractivity contribution in [3.05, 3.63) is 71.8 Å². The number of hydrogen-bond acceptors (Lipinski definition) is 9. The first kappa shape index (κ1) is 28.0. The van der Waals surface area contributed by atoms with Crippen LogP contribution in [0, 0.1) is 0 Å². The van der Waals surface area contributed by atoms with Crippen LogP contribution in [0.5, 0.6) is 5.75 Å². The van der Waals surface area contributed by atoms with Crippen LogP contribution >= 0.6 is 46.5 Å². The van der Waals surface area contributed by atoms with Crippen molar-refractivity contribution in [1.29, 1.82) is 0 Å². The average Bonchev–Trinajstić information content (AvgIpc) is 3.53. The second kappa shape index (κ2) is 12.7. The first-order valence-corrected chi connectivity index (χ1v) is 15.1. The lowest BCUT2D eigenvalue weighted by Gasteiger charge is -2.09. The number of methoxy groups -OCH3 is 1. The summed E-state index contributed by atoms with van der Waals surface area (Å²) in [7, 11) is 3.40. The number of para-hydroxylation sites is 2. The molecule has 3 aromatic carbocycles. The van der Waals surface area contributed by atoms with Gasteiger partial charge in [0.25, 0.3) is 0 Å². The number of thioether (sulfide) groups is 2. The zero-order valence-electron chi connectivity index (χ0n) is 21.4. The summed E-state index contributed by atoms with van der Waals surface area (Å²) in [6, 6.07) is 20.2. The molecule has 5 rings (SSSR count). The van der Waals surface area contributed by atoms with E-state index in [0.29, 0.717) is 33.1 Å². The maximum Gasteiger partial charge on any atom is 0.234 e. The Balaban J connectivity index is 1.15. The standard InChI is InChI=1S/C27H23ClN6O3S3/c1-34-25(17-7-3-4-8-18(17)28)32-33-26(34)38-14-23(35)29-16-11-12-20-22(13-16)40-27(31-20)39-15-24(36)30-19-9-5-6-10-21(19)37-2/h3-13H,14-15H2,1-2H3,(H,29,35)(H,30,36). The maximum absolute atomic E-state index is 12.7. The number of carbonyl (C=O) groups is 2. The molecule has 204 valence electrons. The molecule has 2 N–H and O–H groups in total. The summed E-state index contributed by atoms with van der Waals surface area (Å²) >= 11 is 10.4. The molecule has 0 aliphatic rings. The lowest BCUT2D eigenvalue weighted by molar-refractivity contribution is -0.114. The molecule has 0 spiro atoms. The van der Waals surface area contributed by atoms with Crippen LogP contribution in [-0.2, 0) is 16.6 Å². The number of ether oxygens (including phenoxy) is 1. The van der Waals surface area contributed by atoms with E-state index in [1.54, 1.807) is 25.3 Å². The quantitative estimate of drug-likeness (QED) is 0.179. The largest absolute Gasteiger partial charge is 0.495 e. The van der Waals surface area contributed by atoms with Crippen molar-refractivity contribution < 1.29 is 14.3 Å². The van der Waals surface area contributed by atoms with Crippen LogP contribution in [0.3, 0.4) is 0 Å². The van der Waals surface area contributed by atoms with Crippen LogP contribution in [0.15, 0.2) is 76.2 Å². The molecule has 0 saturated heterocycles. The fraction of sp³-hybridized carbons (Fsp3) is 0.148. The van der Waals surface area contributed by atoms with Gasteiger partial charge in [0.2, 0.25) is 11.8 Å². The van der Waals surface area contributed by atoms with Crippen molar-refractivity contribution in [2.75, 3.05) is 29.2 Å². The van der Waals surface area contributed by atoms with E-state index in [1.165, 1.54) is 34.9 Å². The molecule has 0 unspecified atom stereocenters. The smallest absolute Gasteiger partial charge is 0.234 e. The zero-order chi connectivity index (χ0) is 28.1. The molecule has 0 aliphatic heterocycles. The number of thiazole rings is 1. The summed E-state index contributed by atoms with van der Waals surface area (Å²) in [5.74, 6) is 1.29. The number of amides is 2. The average molecular weight is 611 g/mol. The summed E-state index contributed by atoms with van der Waals surface area (Å²) in [5, 5.41) is 15.4. The summed E-state index contributed by atoms with van der Waals surface area (Å²) in [6.07, 6.45) is 0. The number of benzene rings is 3. The monoisotopic (exact) mass is 610 g/mol. The van der Waals surface area contributed by atoms with Gasteiger partial charge in [-0.15, -0.1) is 21.5 Å². The molecular weight excluding hydrogens is 588 g/mol. The number of aromatic nitrogens is 4. The number of halogens is 1. The molecule has 9 nitrogen and oxygen atoms in total. The number of rotatable bonds is 10. The van der Waals surface area contributed by atoms with Crippen molar-refractivity contribution in [2.24, 2.45) is 7.05 Å². The van der Waals surface area contributed by atoms with Crippen LogP contribution in [0.2, 0.25) is 5.02 Å². The topological polar surface area (TPSA) is 111 Å². The van der Waals surface area contributed by atoms with Crippen LogP contribution < -0.4 is 15.4 Å². The van der Waals surface area contributed by atoms with Crippen molar-refractivity contribution in [3.8, 4) is 17.1 Å². The molecule has 40 heavy (non-hydrogen) atoms. The molecule has 2 aromatic heterocycles. The summed E-state index contributed by atoms with van der Waals surface area (Å²) in [4.78, 5) is 29.7. The molecule has 2 amide bonds. The minimum Gasteiger partial charge on any atom is -0.495 e. The number of fused-ring (bicyclic) bond motifs is 1. The van der Waals surface area contributed by atoms with Crippen molar-refractivity contribution in [3.63, 3.8) is 0 Å². The van der Waals surface area contributed by atoms with E-state index in [1.807, 2.05) is 60.1 Å². The summed E-state index contributed by atoms with van der Waals surface area (Å²) in [6.45, 7) is 0. The molecule has 5 aromatic rings. The van der Waals surface area contributed by atoms with E-state index in [-0.39, 0.29) is 23.3 Å². The van der Waals surface area contributed by atoms with Gasteiger partial charge in [0, 0.05) is 18.3 Å². The molecule has 0 radical (unpaired) electrons. The predicted molar refractivity (Wildman–Crippen MR) is 163 cm³/mol. The number of hydrogen-bond donors (Lipinski definition) is 2. The minimum atomic E-state index is -0.168. The van der Waals surface area contributed by atoms with E-state index in [2.05, 4.69) is 25.8 Å². The lowest BCUT2D eigenvalue weighted by atomic mass is 10.2. The molecular formula is C27H23ClN6O3S3. The van der Waals surface area contributed by atoms with Crippen LogP contribution in [0.1, 0.15) is 0 Å². The van der Waals surface area contributed by atoms with Gasteiger partial charge in [-0.3, -0.25) is 9.59 Å². The first-order chi connectivity index (χ1) is 19.4. The van der Waals surface area contributed by atoms with Gasteiger partial charge < -0.3 is 19.9 Å². The third-order valence-electron chi connectivity index (χ3n) is 5.64. The number of carbonyl (C=O) groups excluding carboxylic acids is 2. The van der Waals surface area contributed by atoms with Crippen molar-refractivity contribution in [1.82, 2.24) is 19.7 Å². The van der Waals surface area contributed by atoms with Gasteiger partial charge in [0.15, 0.2) is 15.3 Å². The Morgan fingerprint density at radius 3 is 2.55 bits per heavy atom. The Labute approximate surface area is 247 Å². The fourth-order valence-electron chi connectivity index (χ4n) is 3.75.